The zero-order valence-corrected chi connectivity index (χ0v) is 25.2. The molecule has 2 saturated heterocycles. The zero-order valence-electron chi connectivity index (χ0n) is 25.2. The van der Waals surface area contributed by atoms with E-state index in [2.05, 4.69) is 15.6 Å². The SMILES string of the molecule is CCN1CC(C)(C)Oc2nc(N3CC4CCC(C3)O4)nc(-c3ccc(NC(=O)NCc4ccc(OC)nc4)c(F)c3)c2C1=O. The number of ether oxygens (including phenoxy) is 3. The highest BCUT2D eigenvalue weighted by Gasteiger charge is 2.39. The van der Waals surface area contributed by atoms with Crippen LogP contribution in [0.4, 0.5) is 20.8 Å². The minimum Gasteiger partial charge on any atom is -0.481 e. The molecule has 2 bridgehead atoms. The Morgan fingerprint density at radius 2 is 1.93 bits per heavy atom. The van der Waals surface area contributed by atoms with Crippen LogP contribution in [0.15, 0.2) is 36.5 Å². The van der Waals surface area contributed by atoms with Crippen LogP contribution < -0.4 is 25.0 Å². The fourth-order valence-corrected chi connectivity index (χ4v) is 5.81. The van der Waals surface area contributed by atoms with Gasteiger partial charge in [-0.25, -0.2) is 19.2 Å². The first-order valence-corrected chi connectivity index (χ1v) is 14.8. The molecule has 2 unspecified atom stereocenters. The molecule has 12 nitrogen and oxygen atoms in total. The van der Waals surface area contributed by atoms with E-state index >= 15 is 4.39 Å². The highest BCUT2D eigenvalue weighted by Crippen LogP contribution is 2.38. The second kappa shape index (κ2) is 11.9. The molecular weight excluding hydrogens is 569 g/mol. The molecule has 6 rings (SSSR count). The van der Waals surface area contributed by atoms with E-state index in [4.69, 9.17) is 24.2 Å². The maximum Gasteiger partial charge on any atom is 0.319 e. The van der Waals surface area contributed by atoms with Gasteiger partial charge in [0.1, 0.15) is 17.0 Å². The molecule has 3 amide bonds. The molecule has 2 aromatic heterocycles. The van der Waals surface area contributed by atoms with Gasteiger partial charge < -0.3 is 34.6 Å². The number of anilines is 2. The summed E-state index contributed by atoms with van der Waals surface area (Å²) in [4.78, 5) is 43.8. The van der Waals surface area contributed by atoms with E-state index in [9.17, 15) is 9.59 Å². The van der Waals surface area contributed by atoms with Crippen molar-refractivity contribution in [1.82, 2.24) is 25.2 Å². The molecule has 0 aliphatic carbocycles. The van der Waals surface area contributed by atoms with Gasteiger partial charge in [-0.05, 0) is 51.3 Å². The van der Waals surface area contributed by atoms with Crippen LogP contribution in [0.5, 0.6) is 11.8 Å². The smallest absolute Gasteiger partial charge is 0.319 e. The van der Waals surface area contributed by atoms with Crippen LogP contribution >= 0.6 is 0 Å². The van der Waals surface area contributed by atoms with Crippen molar-refractivity contribution in [3.8, 4) is 23.0 Å². The van der Waals surface area contributed by atoms with Gasteiger partial charge in [0.15, 0.2) is 0 Å². The van der Waals surface area contributed by atoms with Crippen molar-refractivity contribution in [2.75, 3.05) is 43.5 Å². The second-order valence-corrected chi connectivity index (χ2v) is 11.8. The van der Waals surface area contributed by atoms with E-state index in [1.165, 1.54) is 19.2 Å². The molecule has 13 heteroatoms. The van der Waals surface area contributed by atoms with Gasteiger partial charge in [0.25, 0.3) is 5.91 Å². The van der Waals surface area contributed by atoms with Crippen molar-refractivity contribution in [2.45, 2.75) is 58.0 Å². The molecule has 2 N–H and O–H groups in total. The van der Waals surface area contributed by atoms with Crippen LogP contribution in [0.3, 0.4) is 0 Å². The largest absolute Gasteiger partial charge is 0.481 e. The molecule has 5 heterocycles. The predicted octanol–water partition coefficient (Wildman–Crippen LogP) is 4.01. The van der Waals surface area contributed by atoms with Crippen LogP contribution in [-0.4, -0.2) is 82.9 Å². The van der Waals surface area contributed by atoms with Crippen LogP contribution in [0, 0.1) is 5.82 Å². The number of halogens is 1. The number of hydrogen-bond acceptors (Lipinski definition) is 9. The summed E-state index contributed by atoms with van der Waals surface area (Å²) in [6.45, 7) is 7.95. The molecule has 0 saturated carbocycles. The van der Waals surface area contributed by atoms with Gasteiger partial charge >= 0.3 is 6.03 Å². The molecule has 0 radical (unpaired) electrons. The van der Waals surface area contributed by atoms with Gasteiger partial charge in [-0.3, -0.25) is 4.79 Å². The first-order valence-electron chi connectivity index (χ1n) is 14.8. The van der Waals surface area contributed by atoms with E-state index in [1.54, 1.807) is 29.3 Å². The van der Waals surface area contributed by atoms with Crippen LogP contribution in [-0.2, 0) is 11.3 Å². The average Bonchev–Trinajstić information content (AvgIpc) is 3.30. The van der Waals surface area contributed by atoms with E-state index in [0.717, 1.165) is 18.4 Å². The lowest BCUT2D eigenvalue weighted by molar-refractivity contribution is 0.0297. The van der Waals surface area contributed by atoms with Gasteiger partial charge in [-0.2, -0.15) is 4.98 Å². The number of benzene rings is 1. The normalized spacial score (nSPS) is 20.4. The van der Waals surface area contributed by atoms with Crippen molar-refractivity contribution in [1.29, 1.82) is 0 Å². The Morgan fingerprint density at radius 3 is 2.59 bits per heavy atom. The van der Waals surface area contributed by atoms with E-state index < -0.39 is 17.4 Å². The second-order valence-electron chi connectivity index (χ2n) is 11.8. The van der Waals surface area contributed by atoms with Crippen molar-refractivity contribution < 1.29 is 28.2 Å². The van der Waals surface area contributed by atoms with Gasteiger partial charge in [-0.1, -0.05) is 12.1 Å². The Balaban J connectivity index is 1.30. The molecule has 3 aliphatic rings. The number of pyridine rings is 1. The highest BCUT2D eigenvalue weighted by atomic mass is 19.1. The van der Waals surface area contributed by atoms with Crippen molar-refractivity contribution in [3.05, 3.63) is 53.5 Å². The average molecular weight is 606 g/mol. The quantitative estimate of drug-likeness (QED) is 0.410. The summed E-state index contributed by atoms with van der Waals surface area (Å²) in [5.41, 5.74) is 0.833. The monoisotopic (exact) mass is 605 g/mol. The third kappa shape index (κ3) is 6.09. The number of morpholine rings is 1. The number of nitrogens with zero attached hydrogens (tertiary/aromatic N) is 5. The maximum absolute atomic E-state index is 15.5. The zero-order chi connectivity index (χ0) is 31.0. The lowest BCUT2D eigenvalue weighted by Gasteiger charge is -2.33. The number of fused-ring (bicyclic) bond motifs is 3. The fourth-order valence-electron chi connectivity index (χ4n) is 5.81. The Labute approximate surface area is 254 Å². The van der Waals surface area contributed by atoms with E-state index in [0.29, 0.717) is 43.6 Å². The van der Waals surface area contributed by atoms with Gasteiger partial charge in [-0.15, -0.1) is 0 Å². The summed E-state index contributed by atoms with van der Waals surface area (Å²) < 4.78 is 32.9. The standard InChI is InChI=1S/C31H36FN7O5/c1-5-38-17-31(2,3)44-27-25(28(38)40)26(36-29(37-27)39-15-20-8-9-21(16-39)43-20)19-7-10-23(22(32)12-19)35-30(41)34-14-18-6-11-24(42-4)33-13-18/h6-7,10-13,20-21H,5,8-9,14-17H2,1-4H3,(H2,34,35,41). The molecule has 2 fully saturated rings. The maximum atomic E-state index is 15.5. The number of rotatable bonds is 7. The summed E-state index contributed by atoms with van der Waals surface area (Å²) in [5.74, 6) is 0.0697. The number of nitrogens with one attached hydrogen (secondary N) is 2. The summed E-state index contributed by atoms with van der Waals surface area (Å²) in [6.07, 6.45) is 3.70. The van der Waals surface area contributed by atoms with Crippen molar-refractivity contribution in [3.63, 3.8) is 0 Å². The van der Waals surface area contributed by atoms with E-state index in [1.807, 2.05) is 25.7 Å². The lowest BCUT2D eigenvalue weighted by Crippen LogP contribution is -2.43. The molecule has 3 aromatic rings. The number of hydrogen-bond donors (Lipinski definition) is 2. The minimum atomic E-state index is -0.710. The summed E-state index contributed by atoms with van der Waals surface area (Å²) in [6, 6.07) is 7.21. The molecule has 232 valence electrons. The van der Waals surface area contributed by atoms with Gasteiger partial charge in [0.2, 0.25) is 17.7 Å². The Morgan fingerprint density at radius 1 is 1.16 bits per heavy atom. The number of carbonyl (C=O) groups excluding carboxylic acids is 2. The molecule has 1 aromatic carbocycles. The summed E-state index contributed by atoms with van der Waals surface area (Å²) in [5, 5.41) is 5.23. The van der Waals surface area contributed by atoms with Crippen LogP contribution in [0.1, 0.15) is 49.5 Å². The lowest BCUT2D eigenvalue weighted by atomic mass is 10.0. The predicted molar refractivity (Wildman–Crippen MR) is 160 cm³/mol. The Hall–Kier alpha value is -4.52. The number of carbonyl (C=O) groups is 2. The van der Waals surface area contributed by atoms with Crippen LogP contribution in [0.25, 0.3) is 11.3 Å². The molecule has 2 atom stereocenters. The molecular formula is C31H36FN7O5. The number of urea groups is 1. The number of aromatic nitrogens is 3. The van der Waals surface area contributed by atoms with E-state index in [-0.39, 0.29) is 47.5 Å². The summed E-state index contributed by atoms with van der Waals surface area (Å²) in [7, 11) is 1.52. The third-order valence-corrected chi connectivity index (χ3v) is 7.97. The number of likely N-dealkylation sites (N-methyl/N-ethyl adjacent to an activating group) is 1. The van der Waals surface area contributed by atoms with Crippen molar-refractivity contribution in [2.24, 2.45) is 0 Å². The number of amides is 3. The van der Waals surface area contributed by atoms with Gasteiger partial charge in [0, 0.05) is 44.0 Å². The van der Waals surface area contributed by atoms with Gasteiger partial charge in [0.05, 0.1) is 37.2 Å². The minimum absolute atomic E-state index is 0.0249. The topological polar surface area (TPSA) is 131 Å². The fraction of sp³-hybridized carbons (Fsp3) is 0.452. The number of methoxy groups -OCH3 is 1. The Kier molecular flexibility index (Phi) is 7.97. The van der Waals surface area contributed by atoms with Crippen molar-refractivity contribution >= 4 is 23.6 Å². The first-order chi connectivity index (χ1) is 21.1. The van der Waals surface area contributed by atoms with Crippen LogP contribution in [0.2, 0.25) is 0 Å². The molecule has 0 spiro atoms. The molecule has 44 heavy (non-hydrogen) atoms. The highest BCUT2D eigenvalue weighted by molar-refractivity contribution is 6.03. The molecule has 3 aliphatic heterocycles. The summed E-state index contributed by atoms with van der Waals surface area (Å²) >= 11 is 0. The Bertz CT molecular complexity index is 1560. The first kappa shape index (κ1) is 29.5. The third-order valence-electron chi connectivity index (χ3n) is 7.97.